The zero-order chi connectivity index (χ0) is 9.15. The number of nitrogens with zero attached hydrogens (tertiary/aromatic N) is 1. The fraction of sp³-hybridized carbons (Fsp3) is 0.400. The first-order valence-corrected chi connectivity index (χ1v) is 4.89. The molecule has 1 heterocycles. The third-order valence-corrected chi connectivity index (χ3v) is 3.00. The molecule has 1 aromatic rings. The molecule has 0 atom stereocenters. The average Bonchev–Trinajstić information content (AvgIpc) is 2.20. The Labute approximate surface area is 84.3 Å². The number of hydrogen-bond donors (Lipinski definition) is 0. The SMILES string of the molecule is [S-][N+]1(c2ccccc2)CCOCC1. The van der Waals surface area contributed by atoms with Gasteiger partial charge >= 0.3 is 0 Å². The minimum Gasteiger partial charge on any atom is -0.488 e. The zero-order valence-corrected chi connectivity index (χ0v) is 8.30. The fourth-order valence-corrected chi connectivity index (χ4v) is 1.87. The van der Waals surface area contributed by atoms with E-state index < -0.39 is 0 Å². The largest absolute Gasteiger partial charge is 0.488 e. The molecule has 2 nitrogen and oxygen atoms in total. The Kier molecular flexibility index (Phi) is 2.58. The van der Waals surface area contributed by atoms with Crippen molar-refractivity contribution in [3.63, 3.8) is 0 Å². The minimum absolute atomic E-state index is 0.598. The van der Waals surface area contributed by atoms with Gasteiger partial charge in [0.25, 0.3) is 0 Å². The zero-order valence-electron chi connectivity index (χ0n) is 7.48. The third kappa shape index (κ3) is 1.88. The second kappa shape index (κ2) is 3.70. The van der Waals surface area contributed by atoms with Gasteiger partial charge in [0.1, 0.15) is 5.69 Å². The van der Waals surface area contributed by atoms with Crippen LogP contribution < -0.4 is 3.89 Å². The topological polar surface area (TPSA) is 9.23 Å². The summed E-state index contributed by atoms with van der Waals surface area (Å²) in [6.45, 7) is 3.36. The number of benzene rings is 1. The van der Waals surface area contributed by atoms with Crippen molar-refractivity contribution in [3.05, 3.63) is 30.3 Å². The van der Waals surface area contributed by atoms with Gasteiger partial charge in [-0.1, -0.05) is 18.2 Å². The maximum absolute atomic E-state index is 5.58. The van der Waals surface area contributed by atoms with Crippen LogP contribution in [-0.4, -0.2) is 26.3 Å². The first-order chi connectivity index (χ1) is 6.31. The van der Waals surface area contributed by atoms with Gasteiger partial charge in [0.15, 0.2) is 0 Å². The van der Waals surface area contributed by atoms with Gasteiger partial charge in [0, 0.05) is 0 Å². The predicted molar refractivity (Wildman–Crippen MR) is 56.2 cm³/mol. The molecule has 1 aliphatic rings. The molecule has 2 rings (SSSR count). The van der Waals surface area contributed by atoms with Gasteiger partial charge in [-0.25, -0.2) is 0 Å². The number of para-hydroxylation sites is 1. The molecular formula is C10H13NOS. The van der Waals surface area contributed by atoms with E-state index in [4.69, 9.17) is 17.6 Å². The number of quaternary nitrogens is 1. The van der Waals surface area contributed by atoms with Gasteiger partial charge in [-0.3, -0.25) is 0 Å². The van der Waals surface area contributed by atoms with Crippen molar-refractivity contribution in [2.24, 2.45) is 0 Å². The van der Waals surface area contributed by atoms with Crippen LogP contribution in [0.4, 0.5) is 5.69 Å². The van der Waals surface area contributed by atoms with Gasteiger partial charge in [0.05, 0.1) is 26.3 Å². The summed E-state index contributed by atoms with van der Waals surface area (Å²) in [4.78, 5) is 0. The molecule has 0 aromatic heterocycles. The van der Waals surface area contributed by atoms with Gasteiger partial charge < -0.3 is 21.4 Å². The first kappa shape index (κ1) is 9.06. The van der Waals surface area contributed by atoms with Crippen molar-refractivity contribution in [2.45, 2.75) is 0 Å². The molecule has 3 heteroatoms. The summed E-state index contributed by atoms with van der Waals surface area (Å²) in [7, 11) is 0. The molecule has 13 heavy (non-hydrogen) atoms. The molecule has 1 aromatic carbocycles. The van der Waals surface area contributed by atoms with Crippen molar-refractivity contribution >= 4 is 18.5 Å². The molecule has 1 saturated heterocycles. The quantitative estimate of drug-likeness (QED) is 0.496. The molecule has 0 amide bonds. The van der Waals surface area contributed by atoms with Crippen LogP contribution in [0.15, 0.2) is 30.3 Å². The van der Waals surface area contributed by atoms with E-state index in [-0.39, 0.29) is 0 Å². The number of morpholine rings is 1. The first-order valence-electron chi connectivity index (χ1n) is 4.53. The summed E-state index contributed by atoms with van der Waals surface area (Å²) >= 11 is 5.58. The van der Waals surface area contributed by atoms with Crippen LogP contribution in [0, 0.1) is 0 Å². The Hall–Kier alpha value is -0.510. The van der Waals surface area contributed by atoms with E-state index in [0.717, 1.165) is 26.3 Å². The second-order valence-corrected chi connectivity index (χ2v) is 3.98. The molecule has 70 valence electrons. The average molecular weight is 195 g/mol. The van der Waals surface area contributed by atoms with Crippen LogP contribution in [0.25, 0.3) is 0 Å². The highest BCUT2D eigenvalue weighted by Crippen LogP contribution is 2.22. The van der Waals surface area contributed by atoms with E-state index >= 15 is 0 Å². The highest BCUT2D eigenvalue weighted by Gasteiger charge is 2.20. The highest BCUT2D eigenvalue weighted by atomic mass is 32.1. The van der Waals surface area contributed by atoms with Crippen LogP contribution >= 0.6 is 0 Å². The lowest BCUT2D eigenvalue weighted by molar-refractivity contribution is 0.0791. The monoisotopic (exact) mass is 195 g/mol. The van der Waals surface area contributed by atoms with E-state index in [9.17, 15) is 0 Å². The standard InChI is InChI=1S/C10H13NOS/c13-11(6-8-12-9-7-11)10-4-2-1-3-5-10/h1-5H,6-9H2. The Bertz CT molecular complexity index is 270. The van der Waals surface area contributed by atoms with Gasteiger partial charge in [-0.2, -0.15) is 0 Å². The highest BCUT2D eigenvalue weighted by molar-refractivity contribution is 7.58. The Morgan fingerprint density at radius 1 is 1.08 bits per heavy atom. The van der Waals surface area contributed by atoms with E-state index in [0.29, 0.717) is 3.89 Å². The molecule has 1 aliphatic heterocycles. The van der Waals surface area contributed by atoms with Crippen molar-refractivity contribution in [3.8, 4) is 0 Å². The molecular weight excluding hydrogens is 182 g/mol. The van der Waals surface area contributed by atoms with E-state index in [1.165, 1.54) is 5.69 Å². The lowest BCUT2D eigenvalue weighted by atomic mass is 10.2. The lowest BCUT2D eigenvalue weighted by Crippen LogP contribution is -2.51. The van der Waals surface area contributed by atoms with Crippen LogP contribution in [0.3, 0.4) is 0 Å². The molecule has 0 bridgehead atoms. The summed E-state index contributed by atoms with van der Waals surface area (Å²) < 4.78 is 5.90. The third-order valence-electron chi connectivity index (χ3n) is 2.42. The van der Waals surface area contributed by atoms with Crippen LogP contribution in [0.5, 0.6) is 0 Å². The summed E-state index contributed by atoms with van der Waals surface area (Å²) in [5.74, 6) is 0. The van der Waals surface area contributed by atoms with Crippen LogP contribution in [0.2, 0.25) is 0 Å². The molecule has 0 saturated carbocycles. The molecule has 1 fully saturated rings. The predicted octanol–water partition coefficient (Wildman–Crippen LogP) is 1.49. The summed E-state index contributed by atoms with van der Waals surface area (Å²) in [6.07, 6.45) is 0. The molecule has 0 unspecified atom stereocenters. The van der Waals surface area contributed by atoms with Crippen LogP contribution in [-0.2, 0) is 17.6 Å². The summed E-state index contributed by atoms with van der Waals surface area (Å²) in [5.41, 5.74) is 1.21. The Morgan fingerprint density at radius 3 is 2.31 bits per heavy atom. The van der Waals surface area contributed by atoms with Crippen molar-refractivity contribution in [1.29, 1.82) is 0 Å². The number of ether oxygens (including phenoxy) is 1. The number of hydrogen-bond acceptors (Lipinski definition) is 2. The van der Waals surface area contributed by atoms with Gasteiger partial charge in [0.2, 0.25) is 0 Å². The van der Waals surface area contributed by atoms with Gasteiger partial charge in [-0.05, 0) is 12.1 Å². The van der Waals surface area contributed by atoms with Crippen molar-refractivity contribution in [2.75, 3.05) is 26.3 Å². The summed E-state index contributed by atoms with van der Waals surface area (Å²) in [5, 5.41) is 0. The maximum Gasteiger partial charge on any atom is 0.115 e. The maximum atomic E-state index is 5.58. The lowest BCUT2D eigenvalue weighted by Gasteiger charge is -2.46. The van der Waals surface area contributed by atoms with Crippen molar-refractivity contribution < 1.29 is 4.74 Å². The molecule has 0 aliphatic carbocycles. The smallest absolute Gasteiger partial charge is 0.115 e. The van der Waals surface area contributed by atoms with Crippen molar-refractivity contribution in [1.82, 2.24) is 3.89 Å². The van der Waals surface area contributed by atoms with E-state index in [1.54, 1.807) is 0 Å². The van der Waals surface area contributed by atoms with Gasteiger partial charge in [-0.15, -0.1) is 0 Å². The van der Waals surface area contributed by atoms with E-state index in [2.05, 4.69) is 12.1 Å². The molecule has 0 spiro atoms. The Morgan fingerprint density at radius 2 is 1.69 bits per heavy atom. The molecule has 0 N–H and O–H groups in total. The van der Waals surface area contributed by atoms with Crippen LogP contribution in [0.1, 0.15) is 0 Å². The summed E-state index contributed by atoms with van der Waals surface area (Å²) in [6, 6.07) is 10.3. The number of rotatable bonds is 1. The van der Waals surface area contributed by atoms with E-state index in [1.807, 2.05) is 18.2 Å². The fourth-order valence-electron chi connectivity index (χ4n) is 1.60. The Balaban J connectivity index is 2.23. The second-order valence-electron chi connectivity index (χ2n) is 3.28. The minimum atomic E-state index is 0.598. The molecule has 0 radical (unpaired) electrons. The normalized spacial score (nSPS) is 21.3.